The normalized spacial score (nSPS) is 14.6. The van der Waals surface area contributed by atoms with E-state index in [9.17, 15) is 9.59 Å². The first-order valence-electron chi connectivity index (χ1n) is 7.86. The summed E-state index contributed by atoms with van der Waals surface area (Å²) in [5, 5.41) is 11.9. The van der Waals surface area contributed by atoms with E-state index >= 15 is 0 Å². The molecule has 1 aliphatic carbocycles. The molecule has 122 valence electrons. The fraction of sp³-hybridized carbons (Fsp3) is 0.444. The molecule has 2 amide bonds. The lowest BCUT2D eigenvalue weighted by Gasteiger charge is -2.25. The third-order valence-electron chi connectivity index (χ3n) is 3.87. The average Bonchev–Trinajstić information content (AvgIpc) is 3.35. The van der Waals surface area contributed by atoms with Crippen LogP contribution in [0, 0.1) is 12.3 Å². The van der Waals surface area contributed by atoms with Gasteiger partial charge in [-0.3, -0.25) is 4.79 Å². The van der Waals surface area contributed by atoms with Crippen LogP contribution in [0.15, 0.2) is 30.3 Å². The number of carboxylic acids is 1. The Morgan fingerprint density at radius 2 is 2.04 bits per heavy atom. The van der Waals surface area contributed by atoms with Gasteiger partial charge in [-0.2, -0.15) is 0 Å². The molecule has 0 heterocycles. The van der Waals surface area contributed by atoms with Gasteiger partial charge in [0.05, 0.1) is 6.54 Å². The quantitative estimate of drug-likeness (QED) is 0.723. The van der Waals surface area contributed by atoms with Crippen molar-refractivity contribution in [1.29, 1.82) is 0 Å². The second-order valence-corrected chi connectivity index (χ2v) is 5.83. The van der Waals surface area contributed by atoms with Crippen LogP contribution in [0.1, 0.15) is 31.2 Å². The molecule has 2 rings (SSSR count). The number of carboxylic acid groups (broad SMARTS) is 1. The highest BCUT2D eigenvalue weighted by molar-refractivity contribution is 5.75. The highest BCUT2D eigenvalue weighted by Crippen LogP contribution is 2.26. The first kappa shape index (κ1) is 16.9. The Morgan fingerprint density at radius 3 is 2.61 bits per heavy atom. The number of nitrogens with zero attached hydrogens (tertiary/aromatic N) is 1. The standard InChI is InChI=1S/C18H22N2O3/c1-2-12-20(16-9-10-16)18(23)19-15(8-11-17(21)22)13-14-6-4-3-5-7-14/h1,3-7,15-16H,8-13H2,(H,19,23)(H,21,22). The Hall–Kier alpha value is -2.48. The number of carbonyl (C=O) groups excluding carboxylic acids is 1. The monoisotopic (exact) mass is 314 g/mol. The molecule has 23 heavy (non-hydrogen) atoms. The molecular formula is C18H22N2O3. The van der Waals surface area contributed by atoms with Gasteiger partial charge in [-0.1, -0.05) is 36.3 Å². The Morgan fingerprint density at radius 1 is 1.35 bits per heavy atom. The maximum absolute atomic E-state index is 12.4. The van der Waals surface area contributed by atoms with Gasteiger partial charge in [0, 0.05) is 18.5 Å². The predicted octanol–water partition coefficient (Wildman–Crippen LogP) is 2.27. The van der Waals surface area contributed by atoms with Crippen LogP contribution in [0.25, 0.3) is 0 Å². The lowest BCUT2D eigenvalue weighted by Crippen LogP contribution is -2.47. The van der Waals surface area contributed by atoms with Crippen molar-refractivity contribution in [2.75, 3.05) is 6.54 Å². The van der Waals surface area contributed by atoms with Crippen molar-refractivity contribution in [2.24, 2.45) is 0 Å². The molecule has 0 saturated heterocycles. The van der Waals surface area contributed by atoms with Gasteiger partial charge in [-0.05, 0) is 31.2 Å². The van der Waals surface area contributed by atoms with E-state index in [2.05, 4.69) is 11.2 Å². The van der Waals surface area contributed by atoms with Crippen molar-refractivity contribution in [1.82, 2.24) is 10.2 Å². The summed E-state index contributed by atoms with van der Waals surface area (Å²) >= 11 is 0. The molecule has 1 aromatic rings. The van der Waals surface area contributed by atoms with Crippen molar-refractivity contribution in [2.45, 2.75) is 44.2 Å². The van der Waals surface area contributed by atoms with Crippen LogP contribution >= 0.6 is 0 Å². The predicted molar refractivity (Wildman–Crippen MR) is 87.9 cm³/mol. The summed E-state index contributed by atoms with van der Waals surface area (Å²) in [6, 6.07) is 9.54. The largest absolute Gasteiger partial charge is 0.481 e. The molecule has 0 spiro atoms. The Labute approximate surface area is 136 Å². The van der Waals surface area contributed by atoms with E-state index < -0.39 is 5.97 Å². The number of urea groups is 1. The molecule has 2 N–H and O–H groups in total. The number of rotatable bonds is 8. The SMILES string of the molecule is C#CCN(C(=O)NC(CCC(=O)O)Cc1ccccc1)C1CC1. The van der Waals surface area contributed by atoms with Crippen molar-refractivity contribution >= 4 is 12.0 Å². The molecule has 0 radical (unpaired) electrons. The molecule has 1 atom stereocenters. The molecule has 0 aliphatic heterocycles. The summed E-state index contributed by atoms with van der Waals surface area (Å²) in [6.45, 7) is 0.285. The maximum atomic E-state index is 12.4. The van der Waals surface area contributed by atoms with Crippen molar-refractivity contribution in [3.63, 3.8) is 0 Å². The van der Waals surface area contributed by atoms with Crippen molar-refractivity contribution in [3.05, 3.63) is 35.9 Å². The summed E-state index contributed by atoms with van der Waals surface area (Å²) in [6.07, 6.45) is 8.32. The van der Waals surface area contributed by atoms with E-state index in [1.54, 1.807) is 4.90 Å². The Kier molecular flexibility index (Phi) is 6.04. The summed E-state index contributed by atoms with van der Waals surface area (Å²) in [5.41, 5.74) is 1.07. The fourth-order valence-corrected chi connectivity index (χ4v) is 2.53. The minimum Gasteiger partial charge on any atom is -0.481 e. The lowest BCUT2D eigenvalue weighted by atomic mass is 10.0. The highest BCUT2D eigenvalue weighted by atomic mass is 16.4. The van der Waals surface area contributed by atoms with E-state index in [0.717, 1.165) is 18.4 Å². The van der Waals surface area contributed by atoms with Crippen LogP contribution in [-0.4, -0.2) is 40.6 Å². The Balaban J connectivity index is 1.99. The molecular weight excluding hydrogens is 292 g/mol. The van der Waals surface area contributed by atoms with E-state index in [-0.39, 0.29) is 31.1 Å². The number of hydrogen-bond donors (Lipinski definition) is 2. The zero-order valence-electron chi connectivity index (χ0n) is 13.1. The maximum Gasteiger partial charge on any atom is 0.318 e. The van der Waals surface area contributed by atoms with E-state index in [1.165, 1.54) is 0 Å². The molecule has 1 aliphatic rings. The molecule has 1 unspecified atom stereocenters. The second-order valence-electron chi connectivity index (χ2n) is 5.83. The van der Waals surface area contributed by atoms with E-state index in [0.29, 0.717) is 12.8 Å². The van der Waals surface area contributed by atoms with Gasteiger partial charge in [-0.25, -0.2) is 4.79 Å². The zero-order valence-corrected chi connectivity index (χ0v) is 13.1. The molecule has 1 saturated carbocycles. The Bertz CT molecular complexity index is 576. The van der Waals surface area contributed by atoms with Crippen LogP contribution in [0.2, 0.25) is 0 Å². The third-order valence-corrected chi connectivity index (χ3v) is 3.87. The first-order valence-corrected chi connectivity index (χ1v) is 7.86. The number of amides is 2. The minimum atomic E-state index is -0.861. The van der Waals surface area contributed by atoms with Gasteiger partial charge in [0.1, 0.15) is 0 Å². The van der Waals surface area contributed by atoms with Gasteiger partial charge in [0.2, 0.25) is 0 Å². The van der Waals surface area contributed by atoms with Crippen LogP contribution in [-0.2, 0) is 11.2 Å². The molecule has 5 heteroatoms. The number of terminal acetylenes is 1. The first-order chi connectivity index (χ1) is 11.1. The van der Waals surface area contributed by atoms with Gasteiger partial charge in [0.25, 0.3) is 0 Å². The molecule has 0 aromatic heterocycles. The van der Waals surface area contributed by atoms with Gasteiger partial charge < -0.3 is 15.3 Å². The van der Waals surface area contributed by atoms with Crippen molar-refractivity contribution in [3.8, 4) is 12.3 Å². The smallest absolute Gasteiger partial charge is 0.318 e. The molecule has 0 bridgehead atoms. The summed E-state index contributed by atoms with van der Waals surface area (Å²) in [5.74, 6) is 1.65. The minimum absolute atomic E-state index is 0.0242. The van der Waals surface area contributed by atoms with Crippen LogP contribution < -0.4 is 5.32 Å². The van der Waals surface area contributed by atoms with Crippen LogP contribution in [0.4, 0.5) is 4.79 Å². The molecule has 5 nitrogen and oxygen atoms in total. The summed E-state index contributed by atoms with van der Waals surface area (Å²) in [7, 11) is 0. The highest BCUT2D eigenvalue weighted by Gasteiger charge is 2.32. The zero-order chi connectivity index (χ0) is 16.7. The topological polar surface area (TPSA) is 69.6 Å². The molecule has 1 aromatic carbocycles. The van der Waals surface area contributed by atoms with Crippen molar-refractivity contribution < 1.29 is 14.7 Å². The molecule has 1 fully saturated rings. The lowest BCUT2D eigenvalue weighted by molar-refractivity contribution is -0.137. The number of aliphatic carboxylic acids is 1. The number of hydrogen-bond acceptors (Lipinski definition) is 2. The van der Waals surface area contributed by atoms with Crippen LogP contribution in [0.3, 0.4) is 0 Å². The number of nitrogens with one attached hydrogen (secondary N) is 1. The third kappa shape index (κ3) is 5.67. The van der Waals surface area contributed by atoms with E-state index in [4.69, 9.17) is 11.5 Å². The van der Waals surface area contributed by atoms with Crippen LogP contribution in [0.5, 0.6) is 0 Å². The van der Waals surface area contributed by atoms with Gasteiger partial charge in [0.15, 0.2) is 0 Å². The van der Waals surface area contributed by atoms with E-state index in [1.807, 2.05) is 30.3 Å². The second kappa shape index (κ2) is 8.23. The summed E-state index contributed by atoms with van der Waals surface area (Å²) < 4.78 is 0. The number of benzene rings is 1. The number of carbonyl (C=O) groups is 2. The fourth-order valence-electron chi connectivity index (χ4n) is 2.53. The van der Waals surface area contributed by atoms with Gasteiger partial charge >= 0.3 is 12.0 Å². The average molecular weight is 314 g/mol. The van der Waals surface area contributed by atoms with Gasteiger partial charge in [-0.15, -0.1) is 6.42 Å². The summed E-state index contributed by atoms with van der Waals surface area (Å²) in [4.78, 5) is 24.9.